The molecule has 292 valence electrons. The highest BCUT2D eigenvalue weighted by Gasteiger charge is 2.28. The van der Waals surface area contributed by atoms with Crippen LogP contribution >= 0.6 is 0 Å². The topological polar surface area (TPSA) is 124 Å². The molecule has 3 unspecified atom stereocenters. The van der Waals surface area contributed by atoms with Crippen LogP contribution in [0.4, 0.5) is 0 Å². The van der Waals surface area contributed by atoms with E-state index in [1.54, 1.807) is 0 Å². The molecule has 0 bridgehead atoms. The van der Waals surface area contributed by atoms with E-state index in [1.807, 2.05) is 0 Å². The van der Waals surface area contributed by atoms with Crippen LogP contribution in [0.3, 0.4) is 0 Å². The smallest absolute Gasteiger partial charge is 0.266 e. The molecule has 0 aromatic rings. The van der Waals surface area contributed by atoms with Crippen molar-refractivity contribution >= 4 is 16.0 Å². The lowest BCUT2D eigenvalue weighted by Crippen LogP contribution is -2.50. The van der Waals surface area contributed by atoms with Crippen molar-refractivity contribution in [3.8, 4) is 0 Å². The van der Waals surface area contributed by atoms with Gasteiger partial charge in [0.1, 0.15) is 6.10 Å². The summed E-state index contributed by atoms with van der Waals surface area (Å²) in [5.41, 5.74) is 0. The van der Waals surface area contributed by atoms with Crippen molar-refractivity contribution in [3.05, 3.63) is 12.2 Å². The van der Waals surface area contributed by atoms with E-state index in [1.165, 1.54) is 128 Å². The molecule has 8 heteroatoms. The SMILES string of the molecule is CCCCCCCCC/C=C\CCCCCCC(O)C(=O)NC(CS(=O)(=O)O)C(O)CCCCCCCCCCCCCCCCCCC. The van der Waals surface area contributed by atoms with Crippen molar-refractivity contribution in [1.29, 1.82) is 0 Å². The van der Waals surface area contributed by atoms with Gasteiger partial charge in [-0.3, -0.25) is 9.35 Å². The van der Waals surface area contributed by atoms with Crippen LogP contribution in [0.1, 0.15) is 219 Å². The molecule has 0 saturated heterocycles. The third-order valence-electron chi connectivity index (χ3n) is 9.83. The monoisotopic (exact) mass is 716 g/mol. The maximum Gasteiger partial charge on any atom is 0.266 e. The number of aliphatic hydroxyl groups is 2. The fraction of sp³-hybridized carbons (Fsp3) is 0.927. The molecule has 0 heterocycles. The second-order valence-electron chi connectivity index (χ2n) is 14.8. The summed E-state index contributed by atoms with van der Waals surface area (Å²) < 4.78 is 32.6. The predicted molar refractivity (Wildman–Crippen MR) is 209 cm³/mol. The molecule has 0 spiro atoms. The van der Waals surface area contributed by atoms with E-state index in [9.17, 15) is 28.0 Å². The number of carbonyl (C=O) groups excluding carboxylic acids is 1. The summed E-state index contributed by atoms with van der Waals surface area (Å²) >= 11 is 0. The summed E-state index contributed by atoms with van der Waals surface area (Å²) in [6, 6.07) is -1.15. The molecular weight excluding hydrogens is 635 g/mol. The standard InChI is InChI=1S/C41H81NO6S/c1-3-5-7-9-11-13-15-17-19-20-22-23-25-27-29-31-33-35-39(43)38(37-49(46,47)48)42-41(45)40(44)36-34-32-30-28-26-24-21-18-16-14-12-10-8-6-4-2/h21,24,38-40,43-44H,3-20,22-23,25-37H2,1-2H3,(H,42,45)(H,46,47,48)/b24-21-. The molecule has 0 aliphatic carbocycles. The Balaban J connectivity index is 3.98. The van der Waals surface area contributed by atoms with Gasteiger partial charge in [0.15, 0.2) is 0 Å². The third kappa shape index (κ3) is 35.2. The van der Waals surface area contributed by atoms with Crippen molar-refractivity contribution in [2.45, 2.75) is 238 Å². The summed E-state index contributed by atoms with van der Waals surface area (Å²) in [6.45, 7) is 4.51. The van der Waals surface area contributed by atoms with Crippen LogP contribution < -0.4 is 5.32 Å². The first-order valence-electron chi connectivity index (χ1n) is 21.0. The Kier molecular flexibility index (Phi) is 34.7. The predicted octanol–water partition coefficient (Wildman–Crippen LogP) is 11.2. The number of hydrogen-bond donors (Lipinski definition) is 4. The Morgan fingerprint density at radius 2 is 0.857 bits per heavy atom. The van der Waals surface area contributed by atoms with Gasteiger partial charge in [0, 0.05) is 0 Å². The van der Waals surface area contributed by atoms with Crippen molar-refractivity contribution in [3.63, 3.8) is 0 Å². The second kappa shape index (κ2) is 35.4. The Morgan fingerprint density at radius 1 is 0.531 bits per heavy atom. The fourth-order valence-corrected chi connectivity index (χ4v) is 7.33. The number of rotatable bonds is 38. The number of unbranched alkanes of at least 4 members (excludes halogenated alkanes) is 27. The Bertz CT molecular complexity index is 849. The maximum atomic E-state index is 12.6. The van der Waals surface area contributed by atoms with E-state index < -0.39 is 40.0 Å². The lowest BCUT2D eigenvalue weighted by atomic mass is 10.0. The zero-order valence-corrected chi connectivity index (χ0v) is 33.0. The van der Waals surface area contributed by atoms with Crippen LogP contribution in [0, 0.1) is 0 Å². The summed E-state index contributed by atoms with van der Waals surface area (Å²) in [7, 11) is -4.41. The van der Waals surface area contributed by atoms with Crippen molar-refractivity contribution < 1.29 is 28.0 Å². The molecule has 0 radical (unpaired) electrons. The van der Waals surface area contributed by atoms with Crippen LogP contribution in [0.5, 0.6) is 0 Å². The molecule has 0 fully saturated rings. The van der Waals surface area contributed by atoms with Gasteiger partial charge in [-0.05, 0) is 38.5 Å². The van der Waals surface area contributed by atoms with Crippen LogP contribution in [0.2, 0.25) is 0 Å². The fourth-order valence-electron chi connectivity index (χ4n) is 6.57. The average molecular weight is 716 g/mol. The summed E-state index contributed by atoms with van der Waals surface area (Å²) in [5.74, 6) is -1.46. The van der Waals surface area contributed by atoms with Gasteiger partial charge >= 0.3 is 0 Å². The highest BCUT2D eigenvalue weighted by Crippen LogP contribution is 2.16. The third-order valence-corrected chi connectivity index (χ3v) is 10.6. The molecular formula is C41H81NO6S. The molecule has 1 amide bonds. The Hall–Kier alpha value is -0.960. The van der Waals surface area contributed by atoms with Crippen molar-refractivity contribution in [2.24, 2.45) is 0 Å². The zero-order valence-electron chi connectivity index (χ0n) is 32.2. The molecule has 7 nitrogen and oxygen atoms in total. The van der Waals surface area contributed by atoms with Crippen LogP contribution in [-0.4, -0.2) is 53.1 Å². The van der Waals surface area contributed by atoms with E-state index >= 15 is 0 Å². The van der Waals surface area contributed by atoms with E-state index in [2.05, 4.69) is 31.3 Å². The Labute approximate surface area is 304 Å². The van der Waals surface area contributed by atoms with E-state index in [-0.39, 0.29) is 6.42 Å². The molecule has 0 saturated carbocycles. The first-order chi connectivity index (χ1) is 23.7. The minimum absolute atomic E-state index is 0.286. The van der Waals surface area contributed by atoms with E-state index in [0.717, 1.165) is 51.4 Å². The van der Waals surface area contributed by atoms with Gasteiger partial charge in [0.05, 0.1) is 17.9 Å². The van der Waals surface area contributed by atoms with Gasteiger partial charge in [-0.15, -0.1) is 0 Å². The number of carbonyl (C=O) groups is 1. The number of allylic oxidation sites excluding steroid dienone is 2. The minimum atomic E-state index is -4.41. The molecule has 0 aromatic carbocycles. The molecule has 0 aliphatic rings. The molecule has 0 rings (SSSR count). The lowest BCUT2D eigenvalue weighted by molar-refractivity contribution is -0.131. The largest absolute Gasteiger partial charge is 0.391 e. The maximum absolute atomic E-state index is 12.6. The van der Waals surface area contributed by atoms with Crippen molar-refractivity contribution in [2.75, 3.05) is 5.75 Å². The van der Waals surface area contributed by atoms with Gasteiger partial charge in [-0.2, -0.15) is 8.42 Å². The highest BCUT2D eigenvalue weighted by molar-refractivity contribution is 7.85. The highest BCUT2D eigenvalue weighted by atomic mass is 32.2. The van der Waals surface area contributed by atoms with Gasteiger partial charge in [0.25, 0.3) is 10.1 Å². The molecule has 49 heavy (non-hydrogen) atoms. The molecule has 3 atom stereocenters. The van der Waals surface area contributed by atoms with Gasteiger partial charge in [-0.1, -0.05) is 193 Å². The van der Waals surface area contributed by atoms with E-state index in [0.29, 0.717) is 19.3 Å². The second-order valence-corrected chi connectivity index (χ2v) is 16.3. The zero-order chi connectivity index (χ0) is 36.3. The molecule has 0 aromatic heterocycles. The minimum Gasteiger partial charge on any atom is -0.391 e. The van der Waals surface area contributed by atoms with Crippen molar-refractivity contribution in [1.82, 2.24) is 5.32 Å². The summed E-state index contributed by atoms with van der Waals surface area (Å²) in [5, 5.41) is 23.5. The normalized spacial score (nSPS) is 14.0. The van der Waals surface area contributed by atoms with Gasteiger partial charge < -0.3 is 15.5 Å². The summed E-state index contributed by atoms with van der Waals surface area (Å²) in [6.07, 6.45) is 39.4. The quantitative estimate of drug-likeness (QED) is 0.0286. The number of aliphatic hydroxyl groups excluding tert-OH is 2. The van der Waals surface area contributed by atoms with Gasteiger partial charge in [-0.25, -0.2) is 0 Å². The first kappa shape index (κ1) is 48.0. The number of nitrogens with one attached hydrogen (secondary N) is 1. The lowest BCUT2D eigenvalue weighted by Gasteiger charge is -2.24. The average Bonchev–Trinajstić information content (AvgIpc) is 3.06. The van der Waals surface area contributed by atoms with E-state index in [4.69, 9.17) is 0 Å². The van der Waals surface area contributed by atoms with Gasteiger partial charge in [0.2, 0.25) is 5.91 Å². The van der Waals surface area contributed by atoms with Crippen LogP contribution in [0.15, 0.2) is 12.2 Å². The van der Waals surface area contributed by atoms with Crippen LogP contribution in [0.25, 0.3) is 0 Å². The first-order valence-corrected chi connectivity index (χ1v) is 22.6. The number of hydrogen-bond acceptors (Lipinski definition) is 5. The van der Waals surface area contributed by atoms with Crippen LogP contribution in [-0.2, 0) is 14.9 Å². The number of amides is 1. The Morgan fingerprint density at radius 3 is 1.22 bits per heavy atom. The molecule has 0 aliphatic heterocycles. The summed E-state index contributed by atoms with van der Waals surface area (Å²) in [4.78, 5) is 12.6. The molecule has 4 N–H and O–H groups in total.